The molecule has 0 aromatic heterocycles. The molecule has 0 fully saturated rings. The second kappa shape index (κ2) is 5.01. The maximum atomic E-state index is 6.02. The van der Waals surface area contributed by atoms with Gasteiger partial charge in [-0.25, -0.2) is 0 Å². The minimum Gasteiger partial charge on any atom is -0.370 e. The summed E-state index contributed by atoms with van der Waals surface area (Å²) in [6, 6.07) is 8.22. The molecule has 0 aliphatic heterocycles. The second-order valence-corrected chi connectivity index (χ2v) is 3.87. The molecule has 0 saturated heterocycles. The van der Waals surface area contributed by atoms with E-state index in [0.29, 0.717) is 5.92 Å². The molecular weight excluding hydrogens is 172 g/mol. The summed E-state index contributed by atoms with van der Waals surface area (Å²) in [6.07, 6.45) is 1.14. The van der Waals surface area contributed by atoms with E-state index in [0.717, 1.165) is 12.1 Å². The highest BCUT2D eigenvalue weighted by Gasteiger charge is 2.10. The van der Waals surface area contributed by atoms with Gasteiger partial charge < -0.3 is 11.1 Å². The molecule has 0 bridgehead atoms. The predicted octanol–water partition coefficient (Wildman–Crippen LogP) is 2.74. The van der Waals surface area contributed by atoms with E-state index in [1.54, 1.807) is 0 Å². The summed E-state index contributed by atoms with van der Waals surface area (Å²) in [5, 5.41) is 3.34. The van der Waals surface area contributed by atoms with E-state index in [4.69, 9.17) is 5.73 Å². The molecular formula is C12H20N2. The normalized spacial score (nSPS) is 14.9. The zero-order chi connectivity index (χ0) is 10.6. The number of rotatable bonds is 4. The Bertz CT molecular complexity index is 283. The molecule has 0 aliphatic carbocycles. The largest absolute Gasteiger partial charge is 0.370 e. The fourth-order valence-corrected chi connectivity index (χ4v) is 1.31. The number of benzene rings is 1. The van der Waals surface area contributed by atoms with Crippen molar-refractivity contribution < 1.29 is 0 Å². The van der Waals surface area contributed by atoms with E-state index < -0.39 is 0 Å². The molecule has 2 heteroatoms. The molecule has 14 heavy (non-hydrogen) atoms. The van der Waals surface area contributed by atoms with E-state index in [1.807, 2.05) is 12.1 Å². The van der Waals surface area contributed by atoms with Crippen molar-refractivity contribution in [2.75, 3.05) is 5.32 Å². The van der Waals surface area contributed by atoms with Gasteiger partial charge in [0.2, 0.25) is 0 Å². The van der Waals surface area contributed by atoms with Crippen LogP contribution in [0.5, 0.6) is 0 Å². The predicted molar refractivity (Wildman–Crippen MR) is 62.2 cm³/mol. The van der Waals surface area contributed by atoms with Crippen molar-refractivity contribution in [1.29, 1.82) is 0 Å². The Kier molecular flexibility index (Phi) is 3.96. The first kappa shape index (κ1) is 11.1. The molecule has 0 amide bonds. The molecule has 3 N–H and O–H groups in total. The number of hydrogen-bond acceptors (Lipinski definition) is 2. The maximum absolute atomic E-state index is 6.02. The van der Waals surface area contributed by atoms with E-state index in [9.17, 15) is 0 Å². The average Bonchev–Trinajstić information content (AvgIpc) is 2.20. The van der Waals surface area contributed by atoms with E-state index in [2.05, 4.69) is 38.2 Å². The number of nitrogens with two attached hydrogens (primary N) is 1. The third-order valence-corrected chi connectivity index (χ3v) is 2.72. The van der Waals surface area contributed by atoms with Gasteiger partial charge >= 0.3 is 0 Å². The Balaban J connectivity index is 2.64. The van der Waals surface area contributed by atoms with Crippen molar-refractivity contribution in [3.63, 3.8) is 0 Å². The van der Waals surface area contributed by atoms with Crippen LogP contribution >= 0.6 is 0 Å². The van der Waals surface area contributed by atoms with Crippen LogP contribution in [0.25, 0.3) is 0 Å². The van der Waals surface area contributed by atoms with Crippen LogP contribution in [0.15, 0.2) is 24.3 Å². The lowest BCUT2D eigenvalue weighted by atomic mass is 10.1. The molecule has 1 aromatic rings. The number of nitrogens with one attached hydrogen (secondary N) is 1. The quantitative estimate of drug-likeness (QED) is 0.720. The molecule has 0 spiro atoms. The molecule has 2 nitrogen and oxygen atoms in total. The third kappa shape index (κ3) is 2.74. The van der Waals surface area contributed by atoms with Crippen molar-refractivity contribution >= 4 is 5.69 Å². The zero-order valence-corrected chi connectivity index (χ0v) is 9.25. The first-order chi connectivity index (χ1) is 6.65. The van der Waals surface area contributed by atoms with Gasteiger partial charge in [0.05, 0.1) is 6.17 Å². The summed E-state index contributed by atoms with van der Waals surface area (Å²) in [6.45, 7) is 6.41. The van der Waals surface area contributed by atoms with E-state index in [1.165, 1.54) is 5.56 Å². The highest BCUT2D eigenvalue weighted by Crippen LogP contribution is 2.16. The van der Waals surface area contributed by atoms with Crippen LogP contribution in [-0.2, 0) is 0 Å². The summed E-state index contributed by atoms with van der Waals surface area (Å²) in [4.78, 5) is 0. The van der Waals surface area contributed by atoms with E-state index in [-0.39, 0.29) is 6.17 Å². The second-order valence-electron chi connectivity index (χ2n) is 3.87. The smallest absolute Gasteiger partial charge is 0.0769 e. The topological polar surface area (TPSA) is 38.0 Å². The van der Waals surface area contributed by atoms with Gasteiger partial charge in [0.1, 0.15) is 0 Å². The molecule has 2 unspecified atom stereocenters. The lowest BCUT2D eigenvalue weighted by molar-refractivity contribution is 0.479. The van der Waals surface area contributed by atoms with Crippen LogP contribution in [-0.4, -0.2) is 6.17 Å². The van der Waals surface area contributed by atoms with Crippen LogP contribution in [0.3, 0.4) is 0 Å². The Morgan fingerprint density at radius 2 is 2.00 bits per heavy atom. The minimum absolute atomic E-state index is 0.0427. The van der Waals surface area contributed by atoms with Crippen molar-refractivity contribution in [2.24, 2.45) is 11.7 Å². The Labute approximate surface area is 86.5 Å². The molecule has 0 aliphatic rings. The molecule has 78 valence electrons. The number of hydrogen-bond donors (Lipinski definition) is 2. The lowest BCUT2D eigenvalue weighted by Gasteiger charge is -2.21. The van der Waals surface area contributed by atoms with Crippen LogP contribution in [0.4, 0.5) is 5.69 Å². The van der Waals surface area contributed by atoms with Crippen LogP contribution in [0.1, 0.15) is 25.8 Å². The van der Waals surface area contributed by atoms with Crippen molar-refractivity contribution in [3.05, 3.63) is 29.8 Å². The molecule has 0 heterocycles. The van der Waals surface area contributed by atoms with Gasteiger partial charge in [0.25, 0.3) is 0 Å². The monoisotopic (exact) mass is 192 g/mol. The zero-order valence-electron chi connectivity index (χ0n) is 9.25. The molecule has 1 rings (SSSR count). The summed E-state index contributed by atoms with van der Waals surface area (Å²) >= 11 is 0. The fourth-order valence-electron chi connectivity index (χ4n) is 1.31. The van der Waals surface area contributed by atoms with Crippen molar-refractivity contribution in [1.82, 2.24) is 0 Å². The van der Waals surface area contributed by atoms with Gasteiger partial charge in [-0.05, 0) is 24.5 Å². The summed E-state index contributed by atoms with van der Waals surface area (Å²) in [7, 11) is 0. The van der Waals surface area contributed by atoms with Crippen LogP contribution in [0.2, 0.25) is 0 Å². The average molecular weight is 192 g/mol. The standard InChI is InChI=1S/C12H20N2/c1-4-9(2)12(13)14-11-8-6-5-7-10(11)3/h5-9,12,14H,4,13H2,1-3H3. The van der Waals surface area contributed by atoms with Gasteiger partial charge in [-0.15, -0.1) is 0 Å². The Morgan fingerprint density at radius 1 is 1.36 bits per heavy atom. The Hall–Kier alpha value is -1.02. The van der Waals surface area contributed by atoms with Gasteiger partial charge in [0, 0.05) is 5.69 Å². The summed E-state index contributed by atoms with van der Waals surface area (Å²) < 4.78 is 0. The summed E-state index contributed by atoms with van der Waals surface area (Å²) in [5.41, 5.74) is 8.40. The molecule has 2 atom stereocenters. The van der Waals surface area contributed by atoms with Gasteiger partial charge in [-0.3, -0.25) is 0 Å². The summed E-state index contributed by atoms with van der Waals surface area (Å²) in [5.74, 6) is 0.495. The number of aryl methyl sites for hydroxylation is 1. The third-order valence-electron chi connectivity index (χ3n) is 2.72. The highest BCUT2D eigenvalue weighted by molar-refractivity contribution is 5.50. The maximum Gasteiger partial charge on any atom is 0.0769 e. The minimum atomic E-state index is 0.0427. The fraction of sp³-hybridized carbons (Fsp3) is 0.500. The van der Waals surface area contributed by atoms with Crippen molar-refractivity contribution in [2.45, 2.75) is 33.4 Å². The van der Waals surface area contributed by atoms with Gasteiger partial charge in [-0.1, -0.05) is 38.5 Å². The highest BCUT2D eigenvalue weighted by atomic mass is 15.0. The first-order valence-electron chi connectivity index (χ1n) is 5.23. The molecule has 0 radical (unpaired) electrons. The van der Waals surface area contributed by atoms with Gasteiger partial charge in [-0.2, -0.15) is 0 Å². The number of para-hydroxylation sites is 1. The van der Waals surface area contributed by atoms with Crippen LogP contribution in [0, 0.1) is 12.8 Å². The lowest BCUT2D eigenvalue weighted by Crippen LogP contribution is -2.36. The molecule has 1 aromatic carbocycles. The first-order valence-corrected chi connectivity index (χ1v) is 5.23. The van der Waals surface area contributed by atoms with Crippen molar-refractivity contribution in [3.8, 4) is 0 Å². The van der Waals surface area contributed by atoms with Gasteiger partial charge in [0.15, 0.2) is 0 Å². The SMILES string of the molecule is CCC(C)C(N)Nc1ccccc1C. The number of anilines is 1. The van der Waals surface area contributed by atoms with Crippen LogP contribution < -0.4 is 11.1 Å². The van der Waals surface area contributed by atoms with E-state index >= 15 is 0 Å². The Morgan fingerprint density at radius 3 is 2.57 bits per heavy atom. The molecule has 0 saturated carbocycles.